The quantitative estimate of drug-likeness (QED) is 0.637. The maximum atomic E-state index is 13.3. The Hall–Kier alpha value is -1.24. The molecule has 1 aromatic rings. The first-order chi connectivity index (χ1) is 7.77. The lowest BCUT2D eigenvalue weighted by Crippen LogP contribution is -2.30. The van der Waals surface area contributed by atoms with Gasteiger partial charge in [-0.2, -0.15) is 0 Å². The minimum atomic E-state index is -3.45. The molecule has 0 aromatic heterocycles. The monoisotopic (exact) mass is 255 g/mol. The molecule has 0 radical (unpaired) electrons. The van der Waals surface area contributed by atoms with Crippen LogP contribution in [-0.4, -0.2) is 12.5 Å². The van der Waals surface area contributed by atoms with Gasteiger partial charge in [-0.1, -0.05) is 0 Å². The van der Waals surface area contributed by atoms with Crippen LogP contribution in [0.1, 0.15) is 12.0 Å². The third-order valence-corrected chi connectivity index (χ3v) is 3.04. The Labute approximate surface area is 92.2 Å². The van der Waals surface area contributed by atoms with Crippen LogP contribution in [0.4, 0.5) is 26.3 Å². The Morgan fingerprint density at radius 3 is 1.76 bits per heavy atom. The van der Waals surface area contributed by atoms with Crippen molar-refractivity contribution in [3.05, 3.63) is 34.9 Å². The van der Waals surface area contributed by atoms with Crippen molar-refractivity contribution in [1.29, 1.82) is 0 Å². The van der Waals surface area contributed by atoms with Gasteiger partial charge in [0.25, 0.3) is 5.92 Å². The number of nitrogens with two attached hydrogens (primary N) is 1. The first-order valence-corrected chi connectivity index (χ1v) is 4.68. The molecular formula is C10H7F6N. The van der Waals surface area contributed by atoms with Crippen molar-refractivity contribution in [2.45, 2.75) is 17.8 Å². The molecule has 1 fully saturated rings. The zero-order valence-corrected chi connectivity index (χ0v) is 8.34. The summed E-state index contributed by atoms with van der Waals surface area (Å²) in [6.07, 6.45) is -0.923. The molecule has 2 N–H and O–H groups in total. The number of halogens is 6. The van der Waals surface area contributed by atoms with Gasteiger partial charge in [0.15, 0.2) is 23.3 Å². The number of alkyl halides is 2. The molecule has 1 nitrogen and oxygen atoms in total. The summed E-state index contributed by atoms with van der Waals surface area (Å²) in [5.41, 5.74) is 1.41. The number of hydrogen-bond acceptors (Lipinski definition) is 1. The Bertz CT molecular complexity index is 460. The van der Waals surface area contributed by atoms with E-state index in [-0.39, 0.29) is 6.07 Å². The Morgan fingerprint density at radius 2 is 1.47 bits per heavy atom. The molecule has 1 saturated carbocycles. The van der Waals surface area contributed by atoms with Crippen molar-refractivity contribution in [3.8, 4) is 0 Å². The summed E-state index contributed by atoms with van der Waals surface area (Å²) in [6.45, 7) is -0.795. The maximum Gasteiger partial charge on any atom is 0.260 e. The van der Waals surface area contributed by atoms with E-state index < -0.39 is 53.1 Å². The molecular weight excluding hydrogens is 248 g/mol. The molecule has 0 spiro atoms. The van der Waals surface area contributed by atoms with E-state index in [1.807, 2.05) is 0 Å². The number of benzene rings is 1. The second-order valence-electron chi connectivity index (χ2n) is 4.01. The van der Waals surface area contributed by atoms with E-state index in [9.17, 15) is 26.3 Å². The van der Waals surface area contributed by atoms with Gasteiger partial charge in [-0.25, -0.2) is 26.3 Å². The maximum absolute atomic E-state index is 13.3. The van der Waals surface area contributed by atoms with Gasteiger partial charge in [0, 0.05) is 24.6 Å². The second kappa shape index (κ2) is 3.38. The van der Waals surface area contributed by atoms with E-state index in [1.165, 1.54) is 0 Å². The van der Waals surface area contributed by atoms with Crippen LogP contribution in [0.15, 0.2) is 6.07 Å². The third kappa shape index (κ3) is 1.45. The van der Waals surface area contributed by atoms with Crippen molar-refractivity contribution >= 4 is 0 Å². The molecule has 17 heavy (non-hydrogen) atoms. The predicted octanol–water partition coefficient (Wildman–Crippen LogP) is 2.48. The average Bonchev–Trinajstić information content (AvgIpc) is 2.80. The number of hydrogen-bond donors (Lipinski definition) is 1. The lowest BCUT2D eigenvalue weighted by Gasteiger charge is -2.16. The average molecular weight is 255 g/mol. The molecule has 2 rings (SSSR count). The van der Waals surface area contributed by atoms with E-state index in [1.54, 1.807) is 0 Å². The van der Waals surface area contributed by atoms with E-state index in [0.717, 1.165) is 0 Å². The molecule has 94 valence electrons. The van der Waals surface area contributed by atoms with Gasteiger partial charge in [0.1, 0.15) is 0 Å². The van der Waals surface area contributed by atoms with Crippen LogP contribution in [-0.2, 0) is 5.41 Å². The lowest BCUT2D eigenvalue weighted by molar-refractivity contribution is 0.0872. The zero-order chi connectivity index (χ0) is 13.0. The van der Waals surface area contributed by atoms with Crippen LogP contribution in [0.25, 0.3) is 0 Å². The second-order valence-corrected chi connectivity index (χ2v) is 4.01. The lowest BCUT2D eigenvalue weighted by atomic mass is 9.93. The summed E-state index contributed by atoms with van der Waals surface area (Å²) in [4.78, 5) is 0. The summed E-state index contributed by atoms with van der Waals surface area (Å²) in [6, 6.07) is -0.0289. The van der Waals surface area contributed by atoms with Crippen LogP contribution in [0.5, 0.6) is 0 Å². The van der Waals surface area contributed by atoms with E-state index in [2.05, 4.69) is 0 Å². The molecule has 1 aliphatic rings. The first-order valence-electron chi connectivity index (χ1n) is 4.68. The predicted molar refractivity (Wildman–Crippen MR) is 46.6 cm³/mol. The topological polar surface area (TPSA) is 26.0 Å². The summed E-state index contributed by atoms with van der Waals surface area (Å²) in [7, 11) is 0. The minimum absolute atomic E-state index is 0.0289. The van der Waals surface area contributed by atoms with Gasteiger partial charge in [0.05, 0.1) is 5.41 Å². The third-order valence-electron chi connectivity index (χ3n) is 3.04. The molecule has 1 atom stereocenters. The van der Waals surface area contributed by atoms with Crippen LogP contribution < -0.4 is 5.73 Å². The van der Waals surface area contributed by atoms with Gasteiger partial charge in [-0.15, -0.1) is 0 Å². The largest absolute Gasteiger partial charge is 0.329 e. The van der Waals surface area contributed by atoms with Gasteiger partial charge in [-0.3, -0.25) is 0 Å². The summed E-state index contributed by atoms with van der Waals surface area (Å²) < 4.78 is 78.7. The van der Waals surface area contributed by atoms with Crippen molar-refractivity contribution in [3.63, 3.8) is 0 Å². The molecule has 0 saturated heterocycles. The fraction of sp³-hybridized carbons (Fsp3) is 0.400. The number of rotatable bonds is 2. The van der Waals surface area contributed by atoms with Crippen LogP contribution in [0.2, 0.25) is 0 Å². The van der Waals surface area contributed by atoms with Crippen LogP contribution in [0, 0.1) is 23.3 Å². The Balaban J connectivity index is 2.68. The molecule has 0 aliphatic heterocycles. The molecule has 1 unspecified atom stereocenters. The van der Waals surface area contributed by atoms with Crippen molar-refractivity contribution in [2.24, 2.45) is 5.73 Å². The summed E-state index contributed by atoms with van der Waals surface area (Å²) in [5.74, 6) is -10.5. The van der Waals surface area contributed by atoms with E-state index >= 15 is 0 Å². The van der Waals surface area contributed by atoms with Crippen molar-refractivity contribution in [2.75, 3.05) is 6.54 Å². The normalized spacial score (nSPS) is 26.1. The highest BCUT2D eigenvalue weighted by Gasteiger charge is 2.73. The molecule has 7 heteroatoms. The Kier molecular flexibility index (Phi) is 2.43. The fourth-order valence-corrected chi connectivity index (χ4v) is 1.92. The SMILES string of the molecule is NCC1(c2c(F)c(F)cc(F)c2F)CC1(F)F. The zero-order valence-electron chi connectivity index (χ0n) is 8.34. The van der Waals surface area contributed by atoms with Crippen molar-refractivity contribution in [1.82, 2.24) is 0 Å². The highest BCUT2D eigenvalue weighted by molar-refractivity contribution is 5.41. The van der Waals surface area contributed by atoms with Gasteiger partial charge >= 0.3 is 0 Å². The molecule has 0 heterocycles. The van der Waals surface area contributed by atoms with Crippen LogP contribution in [0.3, 0.4) is 0 Å². The van der Waals surface area contributed by atoms with Gasteiger partial charge in [-0.05, 0) is 0 Å². The Morgan fingerprint density at radius 1 is 1.06 bits per heavy atom. The molecule has 0 bridgehead atoms. The highest BCUT2D eigenvalue weighted by atomic mass is 19.3. The molecule has 1 aromatic carbocycles. The van der Waals surface area contributed by atoms with E-state index in [0.29, 0.717) is 0 Å². The van der Waals surface area contributed by atoms with Gasteiger partial charge in [0.2, 0.25) is 0 Å². The molecule has 1 aliphatic carbocycles. The van der Waals surface area contributed by atoms with Gasteiger partial charge < -0.3 is 5.73 Å². The minimum Gasteiger partial charge on any atom is -0.329 e. The van der Waals surface area contributed by atoms with E-state index in [4.69, 9.17) is 5.73 Å². The summed E-state index contributed by atoms with van der Waals surface area (Å²) in [5, 5.41) is 0. The molecule has 0 amide bonds. The first kappa shape index (κ1) is 12.2. The van der Waals surface area contributed by atoms with Crippen LogP contribution >= 0.6 is 0 Å². The fourth-order valence-electron chi connectivity index (χ4n) is 1.92. The summed E-state index contributed by atoms with van der Waals surface area (Å²) >= 11 is 0. The smallest absolute Gasteiger partial charge is 0.260 e. The standard InChI is InChI=1S/C10H7F6N/c11-4-1-5(12)8(14)6(7(4)13)9(3-17)2-10(9,15)16/h1H,2-3,17H2. The highest BCUT2D eigenvalue weighted by Crippen LogP contribution is 2.62. The van der Waals surface area contributed by atoms with Crippen molar-refractivity contribution < 1.29 is 26.3 Å².